The number of allylic oxidation sites excluding steroid dienone is 1. The van der Waals surface area contributed by atoms with Crippen LogP contribution in [0.25, 0.3) is 0 Å². The molecular formula is C16H20N4O4S. The molecule has 134 valence electrons. The second-order valence-corrected chi connectivity index (χ2v) is 6.76. The van der Waals surface area contributed by atoms with Crippen molar-refractivity contribution >= 4 is 28.9 Å². The first kappa shape index (κ1) is 17.5. The van der Waals surface area contributed by atoms with Crippen molar-refractivity contribution < 1.29 is 19.1 Å². The average molecular weight is 364 g/mol. The first-order valence-electron chi connectivity index (χ1n) is 8.13. The number of thioether (sulfide) groups is 1. The van der Waals surface area contributed by atoms with E-state index >= 15 is 0 Å². The Labute approximate surface area is 149 Å². The van der Waals surface area contributed by atoms with Crippen molar-refractivity contribution in [2.45, 2.75) is 32.5 Å². The number of fused-ring (bicyclic) bond motifs is 1. The van der Waals surface area contributed by atoms with Gasteiger partial charge in [0.05, 0.1) is 13.2 Å². The van der Waals surface area contributed by atoms with Gasteiger partial charge in [0.2, 0.25) is 5.91 Å². The van der Waals surface area contributed by atoms with Crippen LogP contribution in [-0.4, -0.2) is 56.7 Å². The smallest absolute Gasteiger partial charge is 0.359 e. The number of hydrogen-bond acceptors (Lipinski definition) is 6. The maximum absolute atomic E-state index is 12.6. The summed E-state index contributed by atoms with van der Waals surface area (Å²) in [6, 6.07) is -0.506. The van der Waals surface area contributed by atoms with Gasteiger partial charge in [0.1, 0.15) is 6.04 Å². The number of ether oxygens (including phenoxy) is 1. The Morgan fingerprint density at radius 3 is 2.96 bits per heavy atom. The zero-order valence-corrected chi connectivity index (χ0v) is 14.8. The average Bonchev–Trinajstić information content (AvgIpc) is 3.19. The molecule has 1 aromatic heterocycles. The number of rotatable bonds is 5. The van der Waals surface area contributed by atoms with Gasteiger partial charge in [-0.05, 0) is 6.92 Å². The van der Waals surface area contributed by atoms with Crippen LogP contribution in [-0.2, 0) is 29.0 Å². The summed E-state index contributed by atoms with van der Waals surface area (Å²) < 4.78 is 6.83. The van der Waals surface area contributed by atoms with Crippen LogP contribution in [0.15, 0.2) is 12.7 Å². The molecule has 2 aliphatic rings. The van der Waals surface area contributed by atoms with Gasteiger partial charge in [-0.25, -0.2) is 4.79 Å². The molecule has 3 heterocycles. The highest BCUT2D eigenvalue weighted by Gasteiger charge is 2.35. The Balaban J connectivity index is 1.85. The van der Waals surface area contributed by atoms with E-state index in [0.29, 0.717) is 25.3 Å². The van der Waals surface area contributed by atoms with E-state index in [1.54, 1.807) is 22.6 Å². The molecule has 9 heteroatoms. The quantitative estimate of drug-likeness (QED) is 0.618. The van der Waals surface area contributed by atoms with Gasteiger partial charge in [-0.1, -0.05) is 17.8 Å². The minimum atomic E-state index is -0.506. The lowest BCUT2D eigenvalue weighted by Crippen LogP contribution is -2.47. The van der Waals surface area contributed by atoms with Crippen molar-refractivity contribution in [3.05, 3.63) is 29.6 Å². The number of amides is 2. The van der Waals surface area contributed by atoms with Crippen LogP contribution >= 0.6 is 11.8 Å². The lowest BCUT2D eigenvalue weighted by molar-refractivity contribution is -0.133. The van der Waals surface area contributed by atoms with Crippen LogP contribution in [0, 0.1) is 0 Å². The lowest BCUT2D eigenvalue weighted by Gasteiger charge is -2.29. The lowest BCUT2D eigenvalue weighted by atomic mass is 10.0. The minimum absolute atomic E-state index is 0.129. The second-order valence-electron chi connectivity index (χ2n) is 5.77. The molecule has 2 amide bonds. The normalized spacial score (nSPS) is 19.3. The molecule has 25 heavy (non-hydrogen) atoms. The molecule has 1 aromatic rings. The Hall–Kier alpha value is -2.29. The summed E-state index contributed by atoms with van der Waals surface area (Å²) in [5.41, 5.74) is 1.90. The SMILES string of the molecule is C=CCn1nc(C(=O)OCC)c2c1CCN(C(=O)[C@@H]1CSC(=O)N1)C2. The summed E-state index contributed by atoms with van der Waals surface area (Å²) in [4.78, 5) is 37.9. The minimum Gasteiger partial charge on any atom is -0.461 e. The molecule has 0 unspecified atom stereocenters. The van der Waals surface area contributed by atoms with Gasteiger partial charge >= 0.3 is 5.97 Å². The number of esters is 1. The van der Waals surface area contributed by atoms with E-state index in [4.69, 9.17) is 4.74 Å². The Morgan fingerprint density at radius 2 is 2.32 bits per heavy atom. The van der Waals surface area contributed by atoms with E-state index in [2.05, 4.69) is 17.0 Å². The summed E-state index contributed by atoms with van der Waals surface area (Å²) in [6.07, 6.45) is 2.31. The van der Waals surface area contributed by atoms with Crippen LogP contribution in [0.1, 0.15) is 28.7 Å². The van der Waals surface area contributed by atoms with E-state index in [-0.39, 0.29) is 30.0 Å². The van der Waals surface area contributed by atoms with Gasteiger partial charge in [0.25, 0.3) is 5.24 Å². The van der Waals surface area contributed by atoms with Crippen LogP contribution in [0.2, 0.25) is 0 Å². The zero-order valence-electron chi connectivity index (χ0n) is 14.0. The molecule has 0 aromatic carbocycles. The Bertz CT molecular complexity index is 730. The van der Waals surface area contributed by atoms with Gasteiger partial charge in [-0.15, -0.1) is 6.58 Å². The Kier molecular flexibility index (Phi) is 5.12. The molecular weight excluding hydrogens is 344 g/mol. The molecule has 3 rings (SSSR count). The summed E-state index contributed by atoms with van der Waals surface area (Å²) in [5.74, 6) is -0.183. The summed E-state index contributed by atoms with van der Waals surface area (Å²) in [7, 11) is 0. The molecule has 1 N–H and O–H groups in total. The van der Waals surface area contributed by atoms with E-state index < -0.39 is 12.0 Å². The van der Waals surface area contributed by atoms with Crippen molar-refractivity contribution in [1.82, 2.24) is 20.0 Å². The zero-order chi connectivity index (χ0) is 18.0. The van der Waals surface area contributed by atoms with Gasteiger partial charge in [0, 0.05) is 36.5 Å². The Morgan fingerprint density at radius 1 is 1.52 bits per heavy atom. The highest BCUT2D eigenvalue weighted by Crippen LogP contribution is 2.25. The molecule has 0 spiro atoms. The number of hydrogen-bond donors (Lipinski definition) is 1. The first-order chi connectivity index (χ1) is 12.0. The number of carbonyl (C=O) groups excluding carboxylic acids is 3. The standard InChI is InChI=1S/C16H20N4O4S/c1-3-6-20-12-5-7-19(14(21)11-9-25-16(23)17-11)8-10(12)13(18-20)15(22)24-4-2/h3,11H,1,4-9H2,2H3,(H,17,23)/t11-/m0/s1. The van der Waals surface area contributed by atoms with Crippen molar-refractivity contribution in [1.29, 1.82) is 0 Å². The molecule has 0 saturated carbocycles. The van der Waals surface area contributed by atoms with Crippen molar-refractivity contribution in [3.63, 3.8) is 0 Å². The molecule has 0 bridgehead atoms. The fourth-order valence-corrected chi connectivity index (χ4v) is 3.82. The van der Waals surface area contributed by atoms with Crippen molar-refractivity contribution in [2.75, 3.05) is 18.9 Å². The van der Waals surface area contributed by atoms with E-state index in [0.717, 1.165) is 23.0 Å². The third-order valence-corrected chi connectivity index (χ3v) is 5.07. The molecule has 8 nitrogen and oxygen atoms in total. The second kappa shape index (κ2) is 7.30. The highest BCUT2D eigenvalue weighted by atomic mass is 32.2. The third-order valence-electron chi connectivity index (χ3n) is 4.19. The monoisotopic (exact) mass is 364 g/mol. The number of aromatic nitrogens is 2. The predicted octanol–water partition coefficient (Wildman–Crippen LogP) is 0.955. The van der Waals surface area contributed by atoms with Crippen molar-refractivity contribution in [2.24, 2.45) is 0 Å². The highest BCUT2D eigenvalue weighted by molar-refractivity contribution is 8.14. The fraction of sp³-hybridized carbons (Fsp3) is 0.500. The van der Waals surface area contributed by atoms with Gasteiger partial charge in [-0.3, -0.25) is 14.3 Å². The van der Waals surface area contributed by atoms with E-state index in [1.807, 2.05) is 0 Å². The number of carbonyl (C=O) groups is 3. The number of nitrogens with zero attached hydrogens (tertiary/aromatic N) is 3. The fourth-order valence-electron chi connectivity index (χ4n) is 3.05. The van der Waals surface area contributed by atoms with Crippen LogP contribution in [0.3, 0.4) is 0 Å². The molecule has 0 aliphatic carbocycles. The topological polar surface area (TPSA) is 93.5 Å². The van der Waals surface area contributed by atoms with Crippen LogP contribution in [0.4, 0.5) is 4.79 Å². The molecule has 0 radical (unpaired) electrons. The van der Waals surface area contributed by atoms with Gasteiger partial charge in [-0.2, -0.15) is 5.10 Å². The summed E-state index contributed by atoms with van der Waals surface area (Å²) >= 11 is 1.11. The maximum atomic E-state index is 12.6. The van der Waals surface area contributed by atoms with E-state index in [9.17, 15) is 14.4 Å². The third kappa shape index (κ3) is 3.41. The summed E-state index contributed by atoms with van der Waals surface area (Å²) in [6.45, 7) is 7.01. The maximum Gasteiger partial charge on any atom is 0.359 e. The van der Waals surface area contributed by atoms with Crippen LogP contribution < -0.4 is 5.32 Å². The molecule has 2 aliphatic heterocycles. The van der Waals surface area contributed by atoms with Gasteiger partial charge < -0.3 is 15.0 Å². The van der Waals surface area contributed by atoms with Crippen LogP contribution in [0.5, 0.6) is 0 Å². The number of nitrogens with one attached hydrogen (secondary N) is 1. The molecule has 1 saturated heterocycles. The predicted molar refractivity (Wildman–Crippen MR) is 92.3 cm³/mol. The van der Waals surface area contributed by atoms with Gasteiger partial charge in [0.15, 0.2) is 5.69 Å². The largest absolute Gasteiger partial charge is 0.461 e. The van der Waals surface area contributed by atoms with E-state index in [1.165, 1.54) is 0 Å². The van der Waals surface area contributed by atoms with Crippen molar-refractivity contribution in [3.8, 4) is 0 Å². The summed E-state index contributed by atoms with van der Waals surface area (Å²) in [5, 5.41) is 6.85. The molecule has 1 atom stereocenters. The molecule has 1 fully saturated rings. The first-order valence-corrected chi connectivity index (χ1v) is 9.12.